The highest BCUT2D eigenvalue weighted by molar-refractivity contribution is 5.69. The summed E-state index contributed by atoms with van der Waals surface area (Å²) in [5.41, 5.74) is 0. The number of hydrogen-bond acceptors (Lipinski definition) is 3. The van der Waals surface area contributed by atoms with Gasteiger partial charge in [-0.3, -0.25) is 4.79 Å². The summed E-state index contributed by atoms with van der Waals surface area (Å²) in [6.07, 6.45) is 13.4. The predicted molar refractivity (Wildman–Crippen MR) is 83.8 cm³/mol. The Morgan fingerprint density at radius 2 is 1.65 bits per heavy atom. The lowest BCUT2D eigenvalue weighted by Crippen LogP contribution is -2.05. The van der Waals surface area contributed by atoms with E-state index >= 15 is 0 Å². The molecule has 0 aromatic heterocycles. The first-order chi connectivity index (χ1) is 9.81. The van der Waals surface area contributed by atoms with Crippen molar-refractivity contribution < 1.29 is 14.3 Å². The zero-order valence-electron chi connectivity index (χ0n) is 13.4. The van der Waals surface area contributed by atoms with Crippen LogP contribution in [-0.2, 0) is 14.3 Å². The number of rotatable bonds is 14. The monoisotopic (exact) mass is 284 g/mol. The third-order valence-electron chi connectivity index (χ3n) is 3.04. The van der Waals surface area contributed by atoms with Crippen molar-refractivity contribution in [3.8, 4) is 0 Å². The van der Waals surface area contributed by atoms with E-state index in [1.807, 2.05) is 0 Å². The lowest BCUT2D eigenvalue weighted by Gasteiger charge is -2.03. The molecule has 0 saturated carbocycles. The smallest absolute Gasteiger partial charge is 0.305 e. The van der Waals surface area contributed by atoms with Crippen LogP contribution in [-0.4, -0.2) is 25.8 Å². The van der Waals surface area contributed by atoms with Gasteiger partial charge >= 0.3 is 5.97 Å². The number of ether oxygens (including phenoxy) is 2. The summed E-state index contributed by atoms with van der Waals surface area (Å²) in [6, 6.07) is 0. The van der Waals surface area contributed by atoms with E-state index in [1.165, 1.54) is 6.42 Å². The van der Waals surface area contributed by atoms with Crippen molar-refractivity contribution in [2.24, 2.45) is 0 Å². The Bertz CT molecular complexity index is 236. The van der Waals surface area contributed by atoms with Crippen molar-refractivity contribution in [2.75, 3.05) is 19.8 Å². The Labute approximate surface area is 124 Å². The summed E-state index contributed by atoms with van der Waals surface area (Å²) in [4.78, 5) is 11.3. The number of allylic oxidation sites excluding steroid dienone is 1. The molecule has 0 unspecified atom stereocenters. The number of esters is 1. The Morgan fingerprint density at radius 3 is 2.40 bits per heavy atom. The molecule has 0 aromatic rings. The van der Waals surface area contributed by atoms with Crippen LogP contribution in [0, 0.1) is 0 Å². The number of carbonyl (C=O) groups excluding carboxylic acids is 1. The van der Waals surface area contributed by atoms with Gasteiger partial charge in [-0.1, -0.05) is 45.3 Å². The summed E-state index contributed by atoms with van der Waals surface area (Å²) in [6.45, 7) is 6.43. The van der Waals surface area contributed by atoms with E-state index in [1.54, 1.807) is 0 Å². The van der Waals surface area contributed by atoms with Crippen molar-refractivity contribution in [2.45, 2.75) is 71.6 Å². The van der Waals surface area contributed by atoms with Crippen LogP contribution in [0.5, 0.6) is 0 Å². The van der Waals surface area contributed by atoms with Crippen molar-refractivity contribution in [3.05, 3.63) is 12.2 Å². The first kappa shape index (κ1) is 19.2. The molecule has 3 nitrogen and oxygen atoms in total. The van der Waals surface area contributed by atoms with Crippen LogP contribution in [0.2, 0.25) is 0 Å². The van der Waals surface area contributed by atoms with E-state index in [0.29, 0.717) is 13.0 Å². The summed E-state index contributed by atoms with van der Waals surface area (Å²) >= 11 is 0. The molecule has 0 bridgehead atoms. The van der Waals surface area contributed by atoms with E-state index in [2.05, 4.69) is 26.0 Å². The minimum absolute atomic E-state index is 0.0432. The van der Waals surface area contributed by atoms with Crippen LogP contribution in [0.4, 0.5) is 0 Å². The predicted octanol–water partition coefficient (Wildman–Crippen LogP) is 4.65. The fourth-order valence-electron chi connectivity index (χ4n) is 1.69. The molecule has 0 radical (unpaired) electrons. The van der Waals surface area contributed by atoms with Crippen molar-refractivity contribution in [1.82, 2.24) is 0 Å². The molecule has 20 heavy (non-hydrogen) atoms. The molecule has 0 aliphatic carbocycles. The van der Waals surface area contributed by atoms with Crippen LogP contribution in [0.3, 0.4) is 0 Å². The van der Waals surface area contributed by atoms with Crippen molar-refractivity contribution in [3.63, 3.8) is 0 Å². The van der Waals surface area contributed by atoms with Gasteiger partial charge < -0.3 is 9.47 Å². The molecule has 0 amide bonds. The Hall–Kier alpha value is -0.830. The fraction of sp³-hybridized carbons (Fsp3) is 0.824. The highest BCUT2D eigenvalue weighted by Gasteiger charge is 2.01. The van der Waals surface area contributed by atoms with E-state index in [4.69, 9.17) is 9.47 Å². The van der Waals surface area contributed by atoms with Gasteiger partial charge in [0.05, 0.1) is 13.2 Å². The molecule has 0 spiro atoms. The Balaban J connectivity index is 3.19. The quantitative estimate of drug-likeness (QED) is 0.264. The van der Waals surface area contributed by atoms with Gasteiger partial charge in [-0.2, -0.15) is 0 Å². The fourth-order valence-corrected chi connectivity index (χ4v) is 1.69. The number of unbranched alkanes of at least 4 members (excludes halogenated alkanes) is 5. The largest absolute Gasteiger partial charge is 0.466 e. The van der Waals surface area contributed by atoms with Gasteiger partial charge in [0.15, 0.2) is 0 Å². The van der Waals surface area contributed by atoms with Crippen LogP contribution in [0.15, 0.2) is 12.2 Å². The molecule has 0 aliphatic heterocycles. The average molecular weight is 284 g/mol. The standard InChI is InChI=1S/C17H32O3/c1-3-5-14-19-15-12-10-8-7-9-11-13-17(18)20-16-6-4-2/h10,12H,3-9,11,13-16H2,1-2H3. The van der Waals surface area contributed by atoms with Gasteiger partial charge in [-0.25, -0.2) is 0 Å². The van der Waals surface area contributed by atoms with Crippen LogP contribution >= 0.6 is 0 Å². The maximum atomic E-state index is 11.3. The lowest BCUT2D eigenvalue weighted by atomic mass is 10.1. The van der Waals surface area contributed by atoms with Crippen LogP contribution in [0.25, 0.3) is 0 Å². The molecule has 0 saturated heterocycles. The summed E-state index contributed by atoms with van der Waals surface area (Å²) in [5.74, 6) is -0.0432. The molecule has 3 heteroatoms. The molecule has 0 aromatic carbocycles. The molecule has 0 N–H and O–H groups in total. The zero-order chi connectivity index (χ0) is 14.9. The third kappa shape index (κ3) is 15.2. The van der Waals surface area contributed by atoms with Crippen molar-refractivity contribution >= 4 is 5.97 Å². The van der Waals surface area contributed by atoms with Crippen LogP contribution in [0.1, 0.15) is 71.6 Å². The van der Waals surface area contributed by atoms with Gasteiger partial charge in [0.2, 0.25) is 0 Å². The minimum atomic E-state index is -0.0432. The van der Waals surface area contributed by atoms with E-state index in [-0.39, 0.29) is 5.97 Å². The molecule has 0 heterocycles. The molecular formula is C17H32O3. The highest BCUT2D eigenvalue weighted by Crippen LogP contribution is 2.05. The first-order valence-corrected chi connectivity index (χ1v) is 8.19. The second-order valence-corrected chi connectivity index (χ2v) is 5.07. The first-order valence-electron chi connectivity index (χ1n) is 8.19. The summed E-state index contributed by atoms with van der Waals surface area (Å²) < 4.78 is 10.5. The van der Waals surface area contributed by atoms with E-state index in [9.17, 15) is 4.79 Å². The lowest BCUT2D eigenvalue weighted by molar-refractivity contribution is -0.143. The summed E-state index contributed by atoms with van der Waals surface area (Å²) in [5, 5.41) is 0. The van der Waals surface area contributed by atoms with E-state index in [0.717, 1.165) is 58.2 Å². The van der Waals surface area contributed by atoms with Gasteiger partial charge in [-0.15, -0.1) is 0 Å². The number of hydrogen-bond donors (Lipinski definition) is 0. The maximum Gasteiger partial charge on any atom is 0.305 e. The second kappa shape index (κ2) is 16.2. The second-order valence-electron chi connectivity index (χ2n) is 5.07. The van der Waals surface area contributed by atoms with Crippen LogP contribution < -0.4 is 0 Å². The van der Waals surface area contributed by atoms with Gasteiger partial charge in [0, 0.05) is 13.0 Å². The summed E-state index contributed by atoms with van der Waals surface area (Å²) in [7, 11) is 0. The zero-order valence-corrected chi connectivity index (χ0v) is 13.4. The van der Waals surface area contributed by atoms with Gasteiger partial charge in [0.1, 0.15) is 0 Å². The molecule has 0 aliphatic rings. The number of carbonyl (C=O) groups is 1. The van der Waals surface area contributed by atoms with Gasteiger partial charge in [0.25, 0.3) is 0 Å². The molecule has 0 atom stereocenters. The molecule has 118 valence electrons. The molecule has 0 rings (SSSR count). The Kier molecular flexibility index (Phi) is 15.6. The molecular weight excluding hydrogens is 252 g/mol. The third-order valence-corrected chi connectivity index (χ3v) is 3.04. The highest BCUT2D eigenvalue weighted by atomic mass is 16.5. The minimum Gasteiger partial charge on any atom is -0.466 e. The van der Waals surface area contributed by atoms with Gasteiger partial charge in [-0.05, 0) is 32.1 Å². The Morgan fingerprint density at radius 1 is 0.900 bits per heavy atom. The van der Waals surface area contributed by atoms with Crippen molar-refractivity contribution in [1.29, 1.82) is 0 Å². The topological polar surface area (TPSA) is 35.5 Å². The normalized spacial score (nSPS) is 11.1. The SMILES string of the molecule is CCCCOCC=CCCCCCC(=O)OCCCC. The maximum absolute atomic E-state index is 11.3. The average Bonchev–Trinajstić information content (AvgIpc) is 2.45. The molecule has 0 fully saturated rings. The van der Waals surface area contributed by atoms with E-state index < -0.39 is 0 Å².